The van der Waals surface area contributed by atoms with Crippen molar-refractivity contribution in [2.75, 3.05) is 13.7 Å². The maximum atomic E-state index is 11.9. The molecule has 70 valence electrons. The van der Waals surface area contributed by atoms with E-state index in [1.165, 1.54) is 0 Å². The van der Waals surface area contributed by atoms with Crippen molar-refractivity contribution in [2.24, 2.45) is 10.8 Å². The molecule has 0 heterocycles. The van der Waals surface area contributed by atoms with E-state index in [0.29, 0.717) is 12.4 Å². The molecule has 12 heavy (non-hydrogen) atoms. The van der Waals surface area contributed by atoms with E-state index in [1.54, 1.807) is 7.11 Å². The van der Waals surface area contributed by atoms with E-state index in [1.807, 2.05) is 20.8 Å². The molecule has 1 rings (SSSR count). The Bertz CT molecular complexity index is 185. The van der Waals surface area contributed by atoms with Gasteiger partial charge in [0.1, 0.15) is 5.78 Å². The van der Waals surface area contributed by atoms with Gasteiger partial charge in [-0.15, -0.1) is 0 Å². The number of carbonyl (C=O) groups excluding carboxylic acids is 1. The first kappa shape index (κ1) is 9.72. The van der Waals surface area contributed by atoms with Crippen molar-refractivity contribution in [1.29, 1.82) is 0 Å². The summed E-state index contributed by atoms with van der Waals surface area (Å²) in [5, 5.41) is 0. The van der Waals surface area contributed by atoms with Gasteiger partial charge in [-0.1, -0.05) is 20.8 Å². The molecule has 0 amide bonds. The van der Waals surface area contributed by atoms with Crippen molar-refractivity contribution in [3.8, 4) is 0 Å². The second kappa shape index (κ2) is 2.84. The van der Waals surface area contributed by atoms with Gasteiger partial charge < -0.3 is 4.74 Å². The van der Waals surface area contributed by atoms with E-state index in [-0.39, 0.29) is 10.8 Å². The Hall–Kier alpha value is -0.370. The Morgan fingerprint density at radius 3 is 2.17 bits per heavy atom. The maximum Gasteiger partial charge on any atom is 0.146 e. The van der Waals surface area contributed by atoms with Gasteiger partial charge in [0.15, 0.2) is 0 Å². The monoisotopic (exact) mass is 170 g/mol. The van der Waals surface area contributed by atoms with Crippen LogP contribution in [-0.2, 0) is 9.53 Å². The van der Waals surface area contributed by atoms with Crippen LogP contribution in [0.5, 0.6) is 0 Å². The maximum absolute atomic E-state index is 11.9. The van der Waals surface area contributed by atoms with Crippen LogP contribution in [0.25, 0.3) is 0 Å². The Balaban J connectivity index is 2.64. The molecule has 0 spiro atoms. The highest BCUT2D eigenvalue weighted by molar-refractivity contribution is 5.91. The van der Waals surface area contributed by atoms with Crippen molar-refractivity contribution in [3.63, 3.8) is 0 Å². The fourth-order valence-electron chi connectivity index (χ4n) is 1.66. The molecule has 0 saturated heterocycles. The molecule has 2 heteroatoms. The number of rotatable bonds is 3. The highest BCUT2D eigenvalue weighted by Crippen LogP contribution is 2.50. The lowest BCUT2D eigenvalue weighted by atomic mass is 9.81. The first-order valence-corrected chi connectivity index (χ1v) is 4.46. The van der Waals surface area contributed by atoms with Gasteiger partial charge in [0.25, 0.3) is 0 Å². The largest absolute Gasteiger partial charge is 0.384 e. The van der Waals surface area contributed by atoms with Gasteiger partial charge in [-0.2, -0.15) is 0 Å². The fraction of sp³-hybridized carbons (Fsp3) is 0.900. The smallest absolute Gasteiger partial charge is 0.146 e. The molecule has 0 aromatic carbocycles. The molecular weight excluding hydrogens is 152 g/mol. The molecule has 0 N–H and O–H groups in total. The van der Waals surface area contributed by atoms with E-state index in [4.69, 9.17) is 4.74 Å². The van der Waals surface area contributed by atoms with Crippen molar-refractivity contribution in [1.82, 2.24) is 0 Å². The zero-order valence-electron chi connectivity index (χ0n) is 8.44. The van der Waals surface area contributed by atoms with Gasteiger partial charge in [-0.3, -0.25) is 4.79 Å². The van der Waals surface area contributed by atoms with E-state index in [0.717, 1.165) is 12.8 Å². The van der Waals surface area contributed by atoms with Crippen molar-refractivity contribution < 1.29 is 9.53 Å². The summed E-state index contributed by atoms with van der Waals surface area (Å²) in [5.74, 6) is 0.358. The highest BCUT2D eigenvalue weighted by Gasteiger charge is 2.52. The van der Waals surface area contributed by atoms with E-state index in [2.05, 4.69) is 0 Å². The standard InChI is InChI=1S/C10H18O2/c1-9(2,3)8(11)10(5-6-10)7-12-4/h5-7H2,1-4H3. The van der Waals surface area contributed by atoms with Crippen LogP contribution in [0.4, 0.5) is 0 Å². The Kier molecular flexibility index (Phi) is 2.30. The first-order chi connectivity index (χ1) is 5.42. The molecule has 1 fully saturated rings. The first-order valence-electron chi connectivity index (χ1n) is 4.46. The molecule has 0 unspecified atom stereocenters. The molecule has 0 atom stereocenters. The van der Waals surface area contributed by atoms with Crippen LogP contribution < -0.4 is 0 Å². The fourth-order valence-corrected chi connectivity index (χ4v) is 1.66. The van der Waals surface area contributed by atoms with Crippen molar-refractivity contribution in [3.05, 3.63) is 0 Å². The van der Waals surface area contributed by atoms with Crippen LogP contribution in [0.3, 0.4) is 0 Å². The van der Waals surface area contributed by atoms with Gasteiger partial charge in [0, 0.05) is 12.5 Å². The second-order valence-corrected chi connectivity index (χ2v) is 4.79. The Morgan fingerprint density at radius 2 is 1.92 bits per heavy atom. The molecule has 0 radical (unpaired) electrons. The zero-order chi connectivity index (χ0) is 9.41. The number of carbonyl (C=O) groups is 1. The van der Waals surface area contributed by atoms with Gasteiger partial charge >= 0.3 is 0 Å². The second-order valence-electron chi connectivity index (χ2n) is 4.79. The lowest BCUT2D eigenvalue weighted by Gasteiger charge is -2.23. The molecule has 0 aromatic rings. The van der Waals surface area contributed by atoms with Crippen molar-refractivity contribution >= 4 is 5.78 Å². The third-order valence-electron chi connectivity index (χ3n) is 2.44. The molecule has 2 nitrogen and oxygen atoms in total. The van der Waals surface area contributed by atoms with Gasteiger partial charge in [-0.05, 0) is 12.8 Å². The zero-order valence-corrected chi connectivity index (χ0v) is 8.44. The van der Waals surface area contributed by atoms with Gasteiger partial charge in [0.05, 0.1) is 12.0 Å². The topological polar surface area (TPSA) is 26.3 Å². The Labute approximate surface area is 74.3 Å². The van der Waals surface area contributed by atoms with Crippen LogP contribution in [0.15, 0.2) is 0 Å². The average Bonchev–Trinajstić information content (AvgIpc) is 2.67. The molecule has 1 saturated carbocycles. The minimum Gasteiger partial charge on any atom is -0.384 e. The summed E-state index contributed by atoms with van der Waals surface area (Å²) in [7, 11) is 1.66. The lowest BCUT2D eigenvalue weighted by molar-refractivity contribution is -0.133. The number of hydrogen-bond acceptors (Lipinski definition) is 2. The Morgan fingerprint density at radius 1 is 1.42 bits per heavy atom. The summed E-state index contributed by atoms with van der Waals surface area (Å²) in [5.41, 5.74) is -0.331. The highest BCUT2D eigenvalue weighted by atomic mass is 16.5. The number of methoxy groups -OCH3 is 1. The lowest BCUT2D eigenvalue weighted by Crippen LogP contribution is -2.32. The average molecular weight is 170 g/mol. The van der Waals surface area contributed by atoms with E-state index < -0.39 is 0 Å². The quantitative estimate of drug-likeness (QED) is 0.647. The minimum absolute atomic E-state index is 0.118. The SMILES string of the molecule is COCC1(C(=O)C(C)(C)C)CC1. The third kappa shape index (κ3) is 1.69. The number of Topliss-reactive ketones (excluding diaryl/α,β-unsaturated/α-hetero) is 1. The van der Waals surface area contributed by atoms with Crippen LogP contribution in [-0.4, -0.2) is 19.5 Å². The minimum atomic E-state index is -0.213. The summed E-state index contributed by atoms with van der Waals surface area (Å²) in [6, 6.07) is 0. The van der Waals surface area contributed by atoms with Crippen molar-refractivity contribution in [2.45, 2.75) is 33.6 Å². The van der Waals surface area contributed by atoms with Crippen LogP contribution >= 0.6 is 0 Å². The summed E-state index contributed by atoms with van der Waals surface area (Å²) in [4.78, 5) is 11.9. The molecule has 0 bridgehead atoms. The molecular formula is C10H18O2. The van der Waals surface area contributed by atoms with Crippen LogP contribution in [0.2, 0.25) is 0 Å². The van der Waals surface area contributed by atoms with Gasteiger partial charge in [0.2, 0.25) is 0 Å². The number of hydrogen-bond donors (Lipinski definition) is 0. The summed E-state index contributed by atoms with van der Waals surface area (Å²) >= 11 is 0. The number of ketones is 1. The molecule has 0 aliphatic heterocycles. The predicted octanol–water partition coefficient (Wildman–Crippen LogP) is 2.03. The molecule has 0 aromatic heterocycles. The molecule has 1 aliphatic carbocycles. The normalized spacial score (nSPS) is 20.7. The number of ether oxygens (including phenoxy) is 1. The predicted molar refractivity (Wildman–Crippen MR) is 48.0 cm³/mol. The van der Waals surface area contributed by atoms with E-state index in [9.17, 15) is 4.79 Å². The van der Waals surface area contributed by atoms with Crippen LogP contribution in [0, 0.1) is 10.8 Å². The third-order valence-corrected chi connectivity index (χ3v) is 2.44. The summed E-state index contributed by atoms with van der Waals surface area (Å²) < 4.78 is 5.06. The molecule has 1 aliphatic rings. The van der Waals surface area contributed by atoms with Gasteiger partial charge in [-0.25, -0.2) is 0 Å². The summed E-state index contributed by atoms with van der Waals surface area (Å²) in [6.07, 6.45) is 2.02. The van der Waals surface area contributed by atoms with Crippen LogP contribution in [0.1, 0.15) is 33.6 Å². The summed E-state index contributed by atoms with van der Waals surface area (Å²) in [6.45, 7) is 6.53. The van der Waals surface area contributed by atoms with E-state index >= 15 is 0 Å².